The predicted octanol–water partition coefficient (Wildman–Crippen LogP) is 6.80. The molecule has 0 radical (unpaired) electrons. The highest BCUT2D eigenvalue weighted by Crippen LogP contribution is 2.42. The smallest absolute Gasteiger partial charge is 0.359 e. The molecule has 2 amide bonds. The van der Waals surface area contributed by atoms with Gasteiger partial charge in [-0.15, -0.1) is 0 Å². The number of benzene rings is 2. The quantitative estimate of drug-likeness (QED) is 0.104. The van der Waals surface area contributed by atoms with E-state index in [-0.39, 0.29) is 60.1 Å². The first kappa shape index (κ1) is 47.7. The summed E-state index contributed by atoms with van der Waals surface area (Å²) in [7, 11) is 0. The highest BCUT2D eigenvalue weighted by molar-refractivity contribution is 6.02. The third kappa shape index (κ3) is 10.9. The van der Waals surface area contributed by atoms with Crippen LogP contribution in [0.5, 0.6) is 11.5 Å². The van der Waals surface area contributed by atoms with Crippen LogP contribution in [0, 0.1) is 27.7 Å². The Labute approximate surface area is 346 Å². The van der Waals surface area contributed by atoms with Crippen LogP contribution in [-0.2, 0) is 33.4 Å². The molecule has 14 heteroatoms. The Kier molecular flexibility index (Phi) is 14.3. The number of aromatic carboxylic acids is 1. The number of hydrogen-bond donors (Lipinski definition) is 3. The maximum atomic E-state index is 13.8. The normalized spacial score (nSPS) is 18.1. The van der Waals surface area contributed by atoms with E-state index >= 15 is 0 Å². The number of ether oxygens (including phenoxy) is 3. The molecule has 2 aromatic carbocycles. The van der Waals surface area contributed by atoms with Crippen molar-refractivity contribution in [2.45, 2.75) is 149 Å². The SMILES string of the molecule is C=CC(=O)N1C(C)(C)CC(OC(=O)C(OC(=O)c2cc(C)c(O)c(C)c2)C(=O)OC2CC(C)(C)N(C(=O)C=C)C(C)(C)C2)CC1(C)C.Cc1cc(C(=O)O)cc(C)c1O. The van der Waals surface area contributed by atoms with Gasteiger partial charge >= 0.3 is 23.9 Å². The summed E-state index contributed by atoms with van der Waals surface area (Å²) >= 11 is 0. The summed E-state index contributed by atoms with van der Waals surface area (Å²) in [5.41, 5.74) is -0.703. The molecule has 0 unspecified atom stereocenters. The average Bonchev–Trinajstić information content (AvgIpc) is 3.08. The summed E-state index contributed by atoms with van der Waals surface area (Å²) in [5, 5.41) is 28.1. The second-order valence-electron chi connectivity index (χ2n) is 17.9. The number of nitrogens with zero attached hydrogens (tertiary/aromatic N) is 2. The van der Waals surface area contributed by atoms with Crippen molar-refractivity contribution in [2.75, 3.05) is 0 Å². The maximum Gasteiger partial charge on any atom is 0.359 e. The van der Waals surface area contributed by atoms with Gasteiger partial charge in [-0.2, -0.15) is 0 Å². The van der Waals surface area contributed by atoms with Gasteiger partial charge in [0.05, 0.1) is 11.1 Å². The number of phenolic OH excluding ortho intramolecular Hbond substituents is 2. The third-order valence-electron chi connectivity index (χ3n) is 10.8. The summed E-state index contributed by atoms with van der Waals surface area (Å²) < 4.78 is 17.2. The van der Waals surface area contributed by atoms with E-state index in [0.717, 1.165) is 0 Å². The number of carboxylic acid groups (broad SMARTS) is 1. The van der Waals surface area contributed by atoms with Crippen LogP contribution >= 0.6 is 0 Å². The molecule has 4 rings (SSSR count). The van der Waals surface area contributed by atoms with Crippen molar-refractivity contribution in [3.05, 3.63) is 83.0 Å². The van der Waals surface area contributed by atoms with Crippen LogP contribution in [0.2, 0.25) is 0 Å². The van der Waals surface area contributed by atoms with Crippen LogP contribution in [0.4, 0.5) is 0 Å². The van der Waals surface area contributed by atoms with Gasteiger partial charge in [-0.25, -0.2) is 19.2 Å². The minimum absolute atomic E-state index is 0.00920. The van der Waals surface area contributed by atoms with Gasteiger partial charge in [0.1, 0.15) is 23.7 Å². The molecular formula is C45H60N2O12. The highest BCUT2D eigenvalue weighted by Gasteiger charge is 2.51. The van der Waals surface area contributed by atoms with Crippen LogP contribution in [0.1, 0.15) is 124 Å². The van der Waals surface area contributed by atoms with Gasteiger partial charge in [-0.1, -0.05) is 13.2 Å². The van der Waals surface area contributed by atoms with Gasteiger partial charge < -0.3 is 39.3 Å². The number of carbonyl (C=O) groups is 6. The van der Waals surface area contributed by atoms with E-state index in [9.17, 15) is 39.0 Å². The number of carboxylic acids is 1. The summed E-state index contributed by atoms with van der Waals surface area (Å²) in [6.45, 7) is 28.6. The minimum atomic E-state index is -2.06. The van der Waals surface area contributed by atoms with Crippen molar-refractivity contribution in [3.8, 4) is 11.5 Å². The summed E-state index contributed by atoms with van der Waals surface area (Å²) in [5.74, 6) is -4.50. The van der Waals surface area contributed by atoms with Crippen molar-refractivity contribution in [3.63, 3.8) is 0 Å². The van der Waals surface area contributed by atoms with E-state index in [4.69, 9.17) is 19.3 Å². The van der Waals surface area contributed by atoms with Gasteiger partial charge in [0.25, 0.3) is 6.10 Å². The molecule has 0 aliphatic carbocycles. The molecule has 2 fully saturated rings. The number of rotatable bonds is 9. The molecule has 0 spiro atoms. The second-order valence-corrected chi connectivity index (χ2v) is 17.9. The van der Waals surface area contributed by atoms with Crippen molar-refractivity contribution in [1.29, 1.82) is 0 Å². The molecule has 3 N–H and O–H groups in total. The number of esters is 3. The van der Waals surface area contributed by atoms with Gasteiger partial charge in [-0.3, -0.25) is 9.59 Å². The zero-order valence-corrected chi connectivity index (χ0v) is 36.3. The van der Waals surface area contributed by atoms with Crippen molar-refractivity contribution >= 4 is 35.7 Å². The molecule has 2 aliphatic rings. The minimum Gasteiger partial charge on any atom is -0.507 e. The van der Waals surface area contributed by atoms with E-state index in [1.807, 2.05) is 55.4 Å². The van der Waals surface area contributed by atoms with Gasteiger partial charge in [0, 0.05) is 47.8 Å². The number of phenols is 2. The topological polar surface area (TPSA) is 197 Å². The van der Waals surface area contributed by atoms with Crippen LogP contribution in [0.25, 0.3) is 0 Å². The first-order valence-corrected chi connectivity index (χ1v) is 19.4. The van der Waals surface area contributed by atoms with Crippen molar-refractivity contribution in [2.24, 2.45) is 0 Å². The molecule has 2 saturated heterocycles. The molecule has 0 bridgehead atoms. The van der Waals surface area contributed by atoms with Crippen LogP contribution in [-0.4, -0.2) is 101 Å². The molecule has 2 aliphatic heterocycles. The number of aryl methyl sites for hydroxylation is 4. The van der Waals surface area contributed by atoms with Gasteiger partial charge in [-0.05, 0) is 142 Å². The molecule has 2 heterocycles. The van der Waals surface area contributed by atoms with E-state index in [1.165, 1.54) is 36.4 Å². The molecule has 0 atom stereocenters. The summed E-state index contributed by atoms with van der Waals surface area (Å²) in [6, 6.07) is 5.69. The zero-order valence-electron chi connectivity index (χ0n) is 36.3. The summed E-state index contributed by atoms with van der Waals surface area (Å²) in [6.07, 6.45) is 0.00728. The first-order valence-electron chi connectivity index (χ1n) is 19.4. The van der Waals surface area contributed by atoms with Gasteiger partial charge in [0.15, 0.2) is 0 Å². The number of aromatic hydroxyl groups is 2. The molecule has 0 aromatic heterocycles. The number of amides is 2. The molecule has 322 valence electrons. The van der Waals surface area contributed by atoms with Crippen LogP contribution in [0.15, 0.2) is 49.6 Å². The largest absolute Gasteiger partial charge is 0.507 e. The average molecular weight is 821 g/mol. The Balaban J connectivity index is 0.000000662. The van der Waals surface area contributed by atoms with Crippen LogP contribution in [0.3, 0.4) is 0 Å². The molecular weight excluding hydrogens is 760 g/mol. The fourth-order valence-electron chi connectivity index (χ4n) is 8.89. The Bertz CT molecular complexity index is 1870. The number of hydrogen-bond acceptors (Lipinski definition) is 11. The fourth-order valence-corrected chi connectivity index (χ4v) is 8.89. The third-order valence-corrected chi connectivity index (χ3v) is 10.8. The standard InChI is InChI=1S/C36H50N2O9.C9H10O3/c1-13-26(39)37-33(5,6)17-24(18-34(37,7)8)45-31(43)29(47-30(42)23-15-21(3)28(41)22(4)16-23)32(44)46-25-19-35(9,10)38(27(40)14-2)36(11,12)20-25;1-5-3-7(9(11)12)4-6(2)8(5)10/h13-16,24-25,29,41H,1-2,17-20H2,3-12H3;3-4,10H,1-2H3,(H,11,12). The monoisotopic (exact) mass is 820 g/mol. The van der Waals surface area contributed by atoms with Crippen LogP contribution < -0.4 is 0 Å². The van der Waals surface area contributed by atoms with E-state index in [1.54, 1.807) is 37.5 Å². The van der Waals surface area contributed by atoms with E-state index in [2.05, 4.69) is 13.2 Å². The van der Waals surface area contributed by atoms with Crippen molar-refractivity contribution < 1.29 is 58.3 Å². The lowest BCUT2D eigenvalue weighted by Gasteiger charge is -2.54. The molecule has 2 aromatic rings. The molecule has 59 heavy (non-hydrogen) atoms. The Morgan fingerprint density at radius 3 is 1.17 bits per heavy atom. The lowest BCUT2D eigenvalue weighted by molar-refractivity contribution is -0.185. The number of carbonyl (C=O) groups excluding carboxylic acids is 5. The number of piperidine rings is 2. The fraction of sp³-hybridized carbons (Fsp3) is 0.511. The Morgan fingerprint density at radius 2 is 0.898 bits per heavy atom. The zero-order chi connectivity index (χ0) is 45.2. The van der Waals surface area contributed by atoms with E-state index < -0.39 is 64.3 Å². The predicted molar refractivity (Wildman–Crippen MR) is 220 cm³/mol. The summed E-state index contributed by atoms with van der Waals surface area (Å²) in [4.78, 5) is 80.3. The van der Waals surface area contributed by atoms with E-state index in [0.29, 0.717) is 22.3 Å². The number of likely N-dealkylation sites (tertiary alicyclic amines) is 2. The second kappa shape index (κ2) is 17.7. The first-order chi connectivity index (χ1) is 27.0. The molecule has 0 saturated carbocycles. The highest BCUT2D eigenvalue weighted by atomic mass is 16.6. The molecule has 14 nitrogen and oxygen atoms in total. The Morgan fingerprint density at radius 1 is 0.610 bits per heavy atom. The van der Waals surface area contributed by atoms with Crippen molar-refractivity contribution in [1.82, 2.24) is 9.80 Å². The lowest BCUT2D eigenvalue weighted by Crippen LogP contribution is -2.64. The lowest BCUT2D eigenvalue weighted by atomic mass is 9.78. The van der Waals surface area contributed by atoms with Gasteiger partial charge in [0.2, 0.25) is 11.8 Å². The Hall–Kier alpha value is -5.66. The maximum absolute atomic E-state index is 13.8.